The number of rotatable bonds is 9. The summed E-state index contributed by atoms with van der Waals surface area (Å²) in [6, 6.07) is 20.6. The van der Waals surface area contributed by atoms with Crippen LogP contribution in [0, 0.1) is 12.8 Å². The number of ether oxygens (including phenoxy) is 1. The number of aryl methyl sites for hydroxylation is 1. The van der Waals surface area contributed by atoms with Gasteiger partial charge < -0.3 is 15.0 Å². The molecule has 0 saturated heterocycles. The first kappa shape index (κ1) is 27.8. The van der Waals surface area contributed by atoms with Crippen LogP contribution in [0.15, 0.2) is 84.9 Å². The number of methoxy groups -OCH3 is 1. The van der Waals surface area contributed by atoms with E-state index in [1.807, 2.05) is 31.2 Å². The number of allylic oxidation sites excluding steroid dienone is 2. The van der Waals surface area contributed by atoms with Gasteiger partial charge in [0, 0.05) is 12.2 Å². The van der Waals surface area contributed by atoms with Gasteiger partial charge in [0.15, 0.2) is 0 Å². The zero-order chi connectivity index (χ0) is 28.9. The molecule has 0 bridgehead atoms. The number of anilines is 2. The van der Waals surface area contributed by atoms with Gasteiger partial charge in [-0.25, -0.2) is 0 Å². The summed E-state index contributed by atoms with van der Waals surface area (Å²) in [4.78, 5) is 56.6. The largest absolute Gasteiger partial charge is 0.497 e. The highest BCUT2D eigenvalue weighted by molar-refractivity contribution is 6.52. The first-order valence-electron chi connectivity index (χ1n) is 13.8. The molecule has 5 rings (SSSR count). The molecule has 0 saturated carbocycles. The van der Waals surface area contributed by atoms with E-state index >= 15 is 0 Å². The summed E-state index contributed by atoms with van der Waals surface area (Å²) in [6.45, 7) is 1.80. The monoisotopic (exact) mass is 551 g/mol. The van der Waals surface area contributed by atoms with E-state index in [1.54, 1.807) is 60.5 Å². The number of carbonyl (C=O) groups excluding carboxylic acids is 4. The third-order valence-electron chi connectivity index (χ3n) is 7.81. The molecule has 0 fully saturated rings. The minimum atomic E-state index is -0.808. The highest BCUT2D eigenvalue weighted by atomic mass is 16.5. The van der Waals surface area contributed by atoms with Gasteiger partial charge in [0.2, 0.25) is 11.8 Å². The third-order valence-corrected chi connectivity index (χ3v) is 7.81. The Morgan fingerprint density at radius 3 is 2.44 bits per heavy atom. The van der Waals surface area contributed by atoms with Crippen molar-refractivity contribution in [1.82, 2.24) is 4.90 Å². The Kier molecular flexibility index (Phi) is 8.29. The number of ketones is 1. The van der Waals surface area contributed by atoms with Gasteiger partial charge in [-0.2, -0.15) is 0 Å². The Bertz CT molecular complexity index is 1500. The fourth-order valence-electron chi connectivity index (χ4n) is 5.55. The number of para-hydroxylation sites is 1. The van der Waals surface area contributed by atoms with Gasteiger partial charge in [0.05, 0.1) is 18.4 Å². The van der Waals surface area contributed by atoms with Gasteiger partial charge in [-0.15, -0.1) is 0 Å². The quantitative estimate of drug-likeness (QED) is 0.301. The van der Waals surface area contributed by atoms with Gasteiger partial charge in [-0.1, -0.05) is 48.6 Å². The van der Waals surface area contributed by atoms with Crippen LogP contribution in [0.1, 0.15) is 40.7 Å². The summed E-state index contributed by atoms with van der Waals surface area (Å²) in [5.74, 6) is -1.55. The van der Waals surface area contributed by atoms with Crippen molar-refractivity contribution in [1.29, 1.82) is 0 Å². The van der Waals surface area contributed by atoms with Crippen molar-refractivity contribution in [3.05, 3.63) is 102 Å². The van der Waals surface area contributed by atoms with E-state index in [4.69, 9.17) is 4.74 Å². The minimum absolute atomic E-state index is 0.130. The normalized spacial score (nSPS) is 16.7. The van der Waals surface area contributed by atoms with Crippen LogP contribution in [0.2, 0.25) is 0 Å². The van der Waals surface area contributed by atoms with Crippen molar-refractivity contribution >= 4 is 34.9 Å². The highest BCUT2D eigenvalue weighted by Gasteiger charge is 2.41. The second-order valence-electron chi connectivity index (χ2n) is 10.4. The lowest BCUT2D eigenvalue weighted by Crippen LogP contribution is -2.54. The molecule has 8 nitrogen and oxygen atoms in total. The fourth-order valence-corrected chi connectivity index (χ4v) is 5.55. The Morgan fingerprint density at radius 1 is 1.00 bits per heavy atom. The van der Waals surface area contributed by atoms with Crippen molar-refractivity contribution < 1.29 is 23.9 Å². The highest BCUT2D eigenvalue weighted by Crippen LogP contribution is 2.31. The second kappa shape index (κ2) is 12.2. The average molecular weight is 552 g/mol. The molecule has 8 heteroatoms. The molecule has 1 aliphatic carbocycles. The molecular formula is C33H33N3O5. The average Bonchev–Trinajstić information content (AvgIpc) is 3.23. The van der Waals surface area contributed by atoms with Gasteiger partial charge >= 0.3 is 0 Å². The Hall–Kier alpha value is -4.72. The van der Waals surface area contributed by atoms with Crippen LogP contribution in [-0.4, -0.2) is 48.1 Å². The van der Waals surface area contributed by atoms with Crippen molar-refractivity contribution in [3.8, 4) is 5.75 Å². The summed E-state index contributed by atoms with van der Waals surface area (Å²) in [7, 11) is 1.58. The minimum Gasteiger partial charge on any atom is -0.497 e. The summed E-state index contributed by atoms with van der Waals surface area (Å²) in [5.41, 5.74) is 3.16. The van der Waals surface area contributed by atoms with Crippen molar-refractivity contribution in [2.24, 2.45) is 5.92 Å². The maximum atomic E-state index is 14.2. The molecule has 2 aliphatic rings. The number of amides is 3. The number of nitrogens with one attached hydrogen (secondary N) is 1. The molecule has 1 heterocycles. The van der Waals surface area contributed by atoms with Gasteiger partial charge in [-0.3, -0.25) is 24.1 Å². The van der Waals surface area contributed by atoms with Crippen LogP contribution in [0.3, 0.4) is 0 Å². The van der Waals surface area contributed by atoms with E-state index < -0.39 is 23.6 Å². The molecule has 0 spiro atoms. The van der Waals surface area contributed by atoms with E-state index in [9.17, 15) is 19.2 Å². The number of carbonyl (C=O) groups is 4. The molecular weight excluding hydrogens is 518 g/mol. The van der Waals surface area contributed by atoms with E-state index in [0.29, 0.717) is 23.5 Å². The standard InChI is InChI=1S/C33H33N3O5/c1-22-10-6-7-13-24(22)20-36(29(37)21-35-28-15-9-8-14-27(28)31(38)33(35)40)30(23-11-4-3-5-12-23)32(39)34-25-16-18-26(41-2)19-17-25/h3-4,6-10,13-19,23,30H,5,11-12,20-21H2,1-2H3,(H,34,39)/t23-,30+/m0/s1. The molecule has 3 amide bonds. The molecule has 2 atom stereocenters. The number of nitrogens with zero attached hydrogens (tertiary/aromatic N) is 2. The second-order valence-corrected chi connectivity index (χ2v) is 10.4. The van der Waals surface area contributed by atoms with Crippen molar-refractivity contribution in [2.75, 3.05) is 23.9 Å². The lowest BCUT2D eigenvalue weighted by atomic mass is 9.85. The lowest BCUT2D eigenvalue weighted by Gasteiger charge is -2.38. The maximum Gasteiger partial charge on any atom is 0.299 e. The van der Waals surface area contributed by atoms with E-state index in [1.165, 1.54) is 4.90 Å². The molecule has 41 heavy (non-hydrogen) atoms. The van der Waals surface area contributed by atoms with E-state index in [-0.39, 0.29) is 30.5 Å². The summed E-state index contributed by atoms with van der Waals surface area (Å²) < 4.78 is 5.24. The third kappa shape index (κ3) is 5.91. The Labute approximate surface area is 239 Å². The van der Waals surface area contributed by atoms with Crippen LogP contribution in [-0.2, 0) is 20.9 Å². The van der Waals surface area contributed by atoms with E-state index in [2.05, 4.69) is 17.5 Å². The maximum absolute atomic E-state index is 14.2. The fraction of sp³-hybridized carbons (Fsp3) is 0.273. The first-order valence-corrected chi connectivity index (χ1v) is 13.8. The van der Waals surface area contributed by atoms with Crippen LogP contribution >= 0.6 is 0 Å². The van der Waals surface area contributed by atoms with Crippen LogP contribution < -0.4 is 15.0 Å². The lowest BCUT2D eigenvalue weighted by molar-refractivity contribution is -0.140. The summed E-state index contributed by atoms with van der Waals surface area (Å²) in [6.07, 6.45) is 6.32. The molecule has 1 N–H and O–H groups in total. The number of Topliss-reactive ketones (excluding diaryl/α,β-unsaturated/α-hetero) is 1. The zero-order valence-electron chi connectivity index (χ0n) is 23.2. The van der Waals surface area contributed by atoms with Crippen molar-refractivity contribution in [3.63, 3.8) is 0 Å². The molecule has 3 aromatic carbocycles. The molecule has 0 aromatic heterocycles. The number of benzene rings is 3. The summed E-state index contributed by atoms with van der Waals surface area (Å²) in [5, 5.41) is 3.00. The molecule has 0 unspecified atom stereocenters. The predicted octanol–water partition coefficient (Wildman–Crippen LogP) is 4.93. The topological polar surface area (TPSA) is 96.0 Å². The Morgan fingerprint density at radius 2 is 1.73 bits per heavy atom. The number of fused-ring (bicyclic) bond motifs is 1. The van der Waals surface area contributed by atoms with Crippen LogP contribution in [0.5, 0.6) is 5.75 Å². The summed E-state index contributed by atoms with van der Waals surface area (Å²) >= 11 is 0. The number of hydrogen-bond acceptors (Lipinski definition) is 5. The Balaban J connectivity index is 1.51. The van der Waals surface area contributed by atoms with Crippen LogP contribution in [0.25, 0.3) is 0 Å². The molecule has 0 radical (unpaired) electrons. The van der Waals surface area contributed by atoms with Gasteiger partial charge in [0.25, 0.3) is 11.7 Å². The zero-order valence-corrected chi connectivity index (χ0v) is 23.2. The van der Waals surface area contributed by atoms with E-state index in [0.717, 1.165) is 24.0 Å². The van der Waals surface area contributed by atoms with Gasteiger partial charge in [-0.05, 0) is 79.6 Å². The molecule has 3 aromatic rings. The van der Waals surface area contributed by atoms with Crippen molar-refractivity contribution in [2.45, 2.75) is 38.8 Å². The molecule has 1 aliphatic heterocycles. The smallest absolute Gasteiger partial charge is 0.299 e. The first-order chi connectivity index (χ1) is 19.9. The SMILES string of the molecule is COc1ccc(NC(=O)[C@@H]([C@H]2CC=CCC2)N(Cc2ccccc2C)C(=O)CN2C(=O)C(=O)c3ccccc32)cc1. The predicted molar refractivity (Wildman–Crippen MR) is 157 cm³/mol. The number of hydrogen-bond donors (Lipinski definition) is 1. The van der Waals surface area contributed by atoms with Gasteiger partial charge in [0.1, 0.15) is 18.3 Å². The van der Waals surface area contributed by atoms with Crippen LogP contribution in [0.4, 0.5) is 11.4 Å². The molecule has 210 valence electrons.